The third kappa shape index (κ3) is 4.37. The molecule has 0 amide bonds. The lowest BCUT2D eigenvalue weighted by molar-refractivity contribution is -0.385. The third-order valence-corrected chi connectivity index (χ3v) is 5.51. The summed E-state index contributed by atoms with van der Waals surface area (Å²) in [5.74, 6) is -0.364. The Morgan fingerprint density at radius 1 is 1.29 bits per heavy atom. The first-order valence-corrected chi connectivity index (χ1v) is 9.13. The van der Waals surface area contributed by atoms with Gasteiger partial charge < -0.3 is 5.73 Å². The van der Waals surface area contributed by atoms with E-state index in [4.69, 9.17) is 5.73 Å². The maximum absolute atomic E-state index is 12.3. The topological polar surface area (TPSA) is 141 Å². The molecular weight excluding hydrogens is 322 g/mol. The van der Waals surface area contributed by atoms with Crippen LogP contribution in [0.15, 0.2) is 23.1 Å². The van der Waals surface area contributed by atoms with E-state index in [0.717, 1.165) is 28.8 Å². The Bertz CT molecular complexity index is 757. The summed E-state index contributed by atoms with van der Waals surface area (Å²) in [6, 6.07) is 3.06. The van der Waals surface area contributed by atoms with Crippen LogP contribution in [0.5, 0.6) is 0 Å². The molecule has 0 spiro atoms. The van der Waals surface area contributed by atoms with Crippen molar-refractivity contribution < 1.29 is 21.8 Å². The molecule has 2 N–H and O–H groups in total. The molecule has 0 atom stereocenters. The predicted octanol–water partition coefficient (Wildman–Crippen LogP) is -0.158. The normalized spacial score (nSPS) is 12.5. The molecule has 0 aliphatic carbocycles. The van der Waals surface area contributed by atoms with Crippen molar-refractivity contribution in [3.8, 4) is 0 Å². The van der Waals surface area contributed by atoms with E-state index in [1.807, 2.05) is 0 Å². The van der Waals surface area contributed by atoms with Gasteiger partial charge in [0.1, 0.15) is 14.7 Å². The molecule has 0 saturated carbocycles. The van der Waals surface area contributed by atoms with Gasteiger partial charge in [0.25, 0.3) is 5.69 Å². The van der Waals surface area contributed by atoms with Crippen LogP contribution in [0.2, 0.25) is 0 Å². The van der Waals surface area contributed by atoms with Crippen molar-refractivity contribution in [3.05, 3.63) is 28.3 Å². The number of non-ortho nitro benzene ring substituents is 1. The number of benzene rings is 1. The first-order chi connectivity index (χ1) is 9.45. The second-order valence-corrected chi connectivity index (χ2v) is 8.71. The van der Waals surface area contributed by atoms with Crippen molar-refractivity contribution >= 4 is 31.2 Å². The number of nitro groups is 1. The van der Waals surface area contributed by atoms with Gasteiger partial charge >= 0.3 is 0 Å². The van der Waals surface area contributed by atoms with Crippen molar-refractivity contribution in [2.45, 2.75) is 4.90 Å². The van der Waals surface area contributed by atoms with E-state index < -0.39 is 35.4 Å². The third-order valence-electron chi connectivity index (χ3n) is 2.67. The van der Waals surface area contributed by atoms with E-state index in [1.54, 1.807) is 0 Å². The maximum Gasteiger partial charge on any atom is 0.270 e. The summed E-state index contributed by atoms with van der Waals surface area (Å²) < 4.78 is 47.5. The average molecular weight is 337 g/mol. The van der Waals surface area contributed by atoms with Crippen molar-refractivity contribution in [2.75, 3.05) is 31.3 Å². The van der Waals surface area contributed by atoms with E-state index in [-0.39, 0.29) is 18.0 Å². The zero-order chi connectivity index (χ0) is 16.4. The van der Waals surface area contributed by atoms with Crippen LogP contribution in [0.1, 0.15) is 0 Å². The molecular formula is C10H15N3O6S2. The number of sulfone groups is 1. The molecule has 1 aromatic carbocycles. The summed E-state index contributed by atoms with van der Waals surface area (Å²) in [6.07, 6.45) is 0.981. The number of hydrogen-bond donors (Lipinski definition) is 1. The Hall–Kier alpha value is -1.72. The molecule has 0 fully saturated rings. The molecule has 0 heterocycles. The van der Waals surface area contributed by atoms with E-state index in [2.05, 4.69) is 0 Å². The van der Waals surface area contributed by atoms with Crippen LogP contribution in [0.4, 0.5) is 11.4 Å². The summed E-state index contributed by atoms with van der Waals surface area (Å²) >= 11 is 0. The molecule has 0 aliphatic rings. The van der Waals surface area contributed by atoms with Crippen LogP contribution < -0.4 is 5.73 Å². The van der Waals surface area contributed by atoms with Crippen molar-refractivity contribution in [3.63, 3.8) is 0 Å². The standard InChI is InChI=1S/C10H15N3O6S2/c1-12(5-6-20(2,16)17)21(18,19)10-7-8(13(14)15)3-4-9(10)11/h3-4,7H,5-6,11H2,1-2H3. The van der Waals surface area contributed by atoms with E-state index in [9.17, 15) is 26.9 Å². The lowest BCUT2D eigenvalue weighted by Gasteiger charge is -2.17. The Labute approximate surface area is 122 Å². The second-order valence-electron chi connectivity index (χ2n) is 4.44. The first kappa shape index (κ1) is 17.3. The molecule has 1 rings (SSSR count). The van der Waals surface area contributed by atoms with Gasteiger partial charge in [-0.25, -0.2) is 16.8 Å². The minimum Gasteiger partial charge on any atom is -0.398 e. The number of hydrogen-bond acceptors (Lipinski definition) is 7. The Balaban J connectivity index is 3.18. The van der Waals surface area contributed by atoms with Crippen LogP contribution in [0.25, 0.3) is 0 Å². The highest BCUT2D eigenvalue weighted by Gasteiger charge is 2.26. The Morgan fingerprint density at radius 2 is 1.86 bits per heavy atom. The van der Waals surface area contributed by atoms with E-state index in [0.29, 0.717) is 0 Å². The fourth-order valence-electron chi connectivity index (χ4n) is 1.44. The lowest BCUT2D eigenvalue weighted by Crippen LogP contribution is -2.32. The average Bonchev–Trinajstić information content (AvgIpc) is 2.34. The zero-order valence-electron chi connectivity index (χ0n) is 11.4. The second kappa shape index (κ2) is 5.95. The summed E-state index contributed by atoms with van der Waals surface area (Å²) in [7, 11) is -6.27. The number of nitro benzene ring substituents is 1. The summed E-state index contributed by atoms with van der Waals surface area (Å²) in [4.78, 5) is 9.53. The quantitative estimate of drug-likeness (QED) is 0.432. The molecule has 0 saturated heterocycles. The van der Waals surface area contributed by atoms with Gasteiger partial charge in [-0.2, -0.15) is 4.31 Å². The van der Waals surface area contributed by atoms with Crippen molar-refractivity contribution in [1.82, 2.24) is 4.31 Å². The van der Waals surface area contributed by atoms with Gasteiger partial charge in [-0.15, -0.1) is 0 Å². The number of sulfonamides is 1. The highest BCUT2D eigenvalue weighted by Crippen LogP contribution is 2.26. The summed E-state index contributed by atoms with van der Waals surface area (Å²) in [6.45, 7) is -0.275. The molecule has 0 aliphatic heterocycles. The van der Waals surface area contributed by atoms with Crippen LogP contribution >= 0.6 is 0 Å². The molecule has 0 radical (unpaired) electrons. The van der Waals surface area contributed by atoms with Gasteiger partial charge in [-0.3, -0.25) is 10.1 Å². The van der Waals surface area contributed by atoms with Crippen LogP contribution in [0, 0.1) is 10.1 Å². The van der Waals surface area contributed by atoms with Gasteiger partial charge in [-0.1, -0.05) is 0 Å². The number of nitrogens with zero attached hydrogens (tertiary/aromatic N) is 2. The van der Waals surface area contributed by atoms with E-state index in [1.165, 1.54) is 7.05 Å². The Kier molecular flexibility index (Phi) is 4.91. The van der Waals surface area contributed by atoms with E-state index >= 15 is 0 Å². The number of anilines is 1. The van der Waals surface area contributed by atoms with Gasteiger partial charge in [0.05, 0.1) is 16.4 Å². The van der Waals surface area contributed by atoms with Crippen LogP contribution in [-0.4, -0.2) is 51.7 Å². The van der Waals surface area contributed by atoms with Gasteiger partial charge in [0.2, 0.25) is 10.0 Å². The van der Waals surface area contributed by atoms with Gasteiger partial charge in [0, 0.05) is 32.0 Å². The molecule has 11 heteroatoms. The minimum absolute atomic E-state index is 0.146. The molecule has 0 bridgehead atoms. The van der Waals surface area contributed by atoms with Crippen LogP contribution in [0.3, 0.4) is 0 Å². The monoisotopic (exact) mass is 337 g/mol. The first-order valence-electron chi connectivity index (χ1n) is 5.63. The number of nitrogen functional groups attached to an aromatic ring is 1. The minimum atomic E-state index is -4.11. The van der Waals surface area contributed by atoms with Gasteiger partial charge in [-0.05, 0) is 6.07 Å². The highest BCUT2D eigenvalue weighted by atomic mass is 32.2. The summed E-state index contributed by atoms with van der Waals surface area (Å²) in [5, 5.41) is 10.7. The molecule has 1 aromatic rings. The fourth-order valence-corrected chi connectivity index (χ4v) is 3.47. The lowest BCUT2D eigenvalue weighted by atomic mass is 10.3. The number of nitrogens with two attached hydrogens (primary N) is 1. The molecule has 0 unspecified atom stereocenters. The number of rotatable bonds is 6. The maximum atomic E-state index is 12.3. The molecule has 118 valence electrons. The smallest absolute Gasteiger partial charge is 0.270 e. The highest BCUT2D eigenvalue weighted by molar-refractivity contribution is 7.91. The van der Waals surface area contributed by atoms with Crippen molar-refractivity contribution in [2.24, 2.45) is 0 Å². The zero-order valence-corrected chi connectivity index (χ0v) is 13.0. The molecule has 0 aromatic heterocycles. The Morgan fingerprint density at radius 3 is 2.33 bits per heavy atom. The van der Waals surface area contributed by atoms with Gasteiger partial charge in [0.15, 0.2) is 0 Å². The van der Waals surface area contributed by atoms with Crippen molar-refractivity contribution in [1.29, 1.82) is 0 Å². The summed E-state index contributed by atoms with van der Waals surface area (Å²) in [5.41, 5.74) is 4.98. The SMILES string of the molecule is CN(CCS(C)(=O)=O)S(=O)(=O)c1cc([N+](=O)[O-])ccc1N. The van der Waals surface area contributed by atoms with Crippen LogP contribution in [-0.2, 0) is 19.9 Å². The molecule has 9 nitrogen and oxygen atoms in total. The largest absolute Gasteiger partial charge is 0.398 e. The molecule has 21 heavy (non-hydrogen) atoms. The predicted molar refractivity (Wildman–Crippen MR) is 77.0 cm³/mol. The fraction of sp³-hybridized carbons (Fsp3) is 0.400.